The molecule has 2 aromatic rings. The van der Waals surface area contributed by atoms with E-state index in [4.69, 9.17) is 10.2 Å². The van der Waals surface area contributed by atoms with E-state index in [1.807, 2.05) is 0 Å². The minimum atomic E-state index is -4.37. The van der Waals surface area contributed by atoms with Crippen LogP contribution in [0.4, 0.5) is 18.9 Å². The van der Waals surface area contributed by atoms with Crippen molar-refractivity contribution in [3.05, 3.63) is 22.5 Å². The first-order chi connectivity index (χ1) is 8.35. The maximum absolute atomic E-state index is 11.9. The van der Waals surface area contributed by atoms with Gasteiger partial charge in [-0.3, -0.25) is 0 Å². The molecule has 0 spiro atoms. The van der Waals surface area contributed by atoms with Crippen molar-refractivity contribution in [2.45, 2.75) is 12.8 Å². The Morgan fingerprint density at radius 2 is 2.11 bits per heavy atom. The molecule has 0 saturated carbocycles. The number of halogens is 4. The second-order valence-electron chi connectivity index (χ2n) is 3.56. The van der Waals surface area contributed by atoms with Gasteiger partial charge in [0.2, 0.25) is 5.89 Å². The Balaban J connectivity index is 2.13. The molecule has 0 fully saturated rings. The average Bonchev–Trinajstić information content (AvgIpc) is 2.58. The van der Waals surface area contributed by atoms with Gasteiger partial charge in [-0.15, -0.1) is 0 Å². The average molecular weight is 325 g/mol. The molecule has 2 rings (SSSR count). The van der Waals surface area contributed by atoms with Crippen LogP contribution in [0.1, 0.15) is 5.89 Å². The first kappa shape index (κ1) is 13.2. The number of ether oxygens (including phenoxy) is 1. The smallest absolute Gasteiger partial charge is 0.411 e. The van der Waals surface area contributed by atoms with E-state index in [9.17, 15) is 13.2 Å². The van der Waals surface area contributed by atoms with Crippen LogP contribution in [0.5, 0.6) is 0 Å². The highest BCUT2D eigenvalue weighted by Crippen LogP contribution is 2.27. The number of oxazole rings is 1. The Labute approximate surface area is 108 Å². The molecule has 0 unspecified atom stereocenters. The Morgan fingerprint density at radius 1 is 1.39 bits per heavy atom. The number of anilines is 1. The maximum atomic E-state index is 11.9. The third-order valence-electron chi connectivity index (χ3n) is 2.02. The number of alkyl halides is 3. The van der Waals surface area contributed by atoms with Gasteiger partial charge in [0.1, 0.15) is 18.7 Å². The standard InChI is InChI=1S/C10H8BrF3N2O2/c11-5-1-6(15)9-7(2-5)16-8(18-9)3-17-4-10(12,13)14/h1-2H,3-4,15H2. The van der Waals surface area contributed by atoms with E-state index < -0.39 is 12.8 Å². The highest BCUT2D eigenvalue weighted by Gasteiger charge is 2.27. The molecule has 0 saturated heterocycles. The summed E-state index contributed by atoms with van der Waals surface area (Å²) < 4.78 is 46.0. The van der Waals surface area contributed by atoms with E-state index in [0.717, 1.165) is 0 Å². The van der Waals surface area contributed by atoms with Crippen molar-refractivity contribution >= 4 is 32.7 Å². The van der Waals surface area contributed by atoms with E-state index in [2.05, 4.69) is 25.7 Å². The lowest BCUT2D eigenvalue weighted by Crippen LogP contribution is -2.16. The van der Waals surface area contributed by atoms with Crippen molar-refractivity contribution in [1.82, 2.24) is 4.98 Å². The summed E-state index contributed by atoms with van der Waals surface area (Å²) in [5.41, 5.74) is 6.84. The zero-order valence-corrected chi connectivity index (χ0v) is 10.5. The third kappa shape index (κ3) is 3.14. The molecule has 1 aromatic heterocycles. The zero-order valence-electron chi connectivity index (χ0n) is 8.92. The number of fused-ring (bicyclic) bond motifs is 1. The fourth-order valence-electron chi connectivity index (χ4n) is 1.38. The number of hydrogen-bond donors (Lipinski definition) is 1. The van der Waals surface area contributed by atoms with Gasteiger partial charge in [0.15, 0.2) is 5.58 Å². The second-order valence-corrected chi connectivity index (χ2v) is 4.47. The number of nitrogens with two attached hydrogens (primary N) is 1. The minimum absolute atomic E-state index is 0.0547. The number of nitrogen functional groups attached to an aromatic ring is 1. The normalized spacial score (nSPS) is 12.2. The highest BCUT2D eigenvalue weighted by atomic mass is 79.9. The van der Waals surface area contributed by atoms with Crippen molar-refractivity contribution in [2.75, 3.05) is 12.3 Å². The van der Waals surface area contributed by atoms with Crippen LogP contribution in [-0.4, -0.2) is 17.8 Å². The molecule has 0 amide bonds. The third-order valence-corrected chi connectivity index (χ3v) is 2.48. The van der Waals surface area contributed by atoms with Crippen LogP contribution in [0.2, 0.25) is 0 Å². The molecule has 0 aliphatic heterocycles. The van der Waals surface area contributed by atoms with E-state index >= 15 is 0 Å². The monoisotopic (exact) mass is 324 g/mol. The number of rotatable bonds is 3. The summed E-state index contributed by atoms with van der Waals surface area (Å²) in [4.78, 5) is 3.98. The second kappa shape index (κ2) is 4.77. The molecule has 1 heterocycles. The molecule has 4 nitrogen and oxygen atoms in total. The van der Waals surface area contributed by atoms with Crippen molar-refractivity contribution in [1.29, 1.82) is 0 Å². The van der Waals surface area contributed by atoms with Crippen LogP contribution in [-0.2, 0) is 11.3 Å². The summed E-state index contributed by atoms with van der Waals surface area (Å²) in [6, 6.07) is 3.27. The topological polar surface area (TPSA) is 61.3 Å². The molecule has 18 heavy (non-hydrogen) atoms. The fraction of sp³-hybridized carbons (Fsp3) is 0.300. The van der Waals surface area contributed by atoms with Crippen LogP contribution in [0.3, 0.4) is 0 Å². The summed E-state index contributed by atoms with van der Waals surface area (Å²) in [5.74, 6) is 0.0547. The molecular weight excluding hydrogens is 317 g/mol. The summed E-state index contributed by atoms with van der Waals surface area (Å²) in [5, 5.41) is 0. The molecular formula is C10H8BrF3N2O2. The lowest BCUT2D eigenvalue weighted by molar-refractivity contribution is -0.177. The minimum Gasteiger partial charge on any atom is -0.436 e. The van der Waals surface area contributed by atoms with E-state index in [0.29, 0.717) is 21.3 Å². The quantitative estimate of drug-likeness (QED) is 0.880. The van der Waals surface area contributed by atoms with Crippen LogP contribution >= 0.6 is 15.9 Å². The van der Waals surface area contributed by atoms with Gasteiger partial charge in [0, 0.05) is 4.47 Å². The van der Waals surface area contributed by atoms with E-state index in [1.165, 1.54) is 0 Å². The summed E-state index contributed by atoms with van der Waals surface area (Å²) in [7, 11) is 0. The zero-order chi connectivity index (χ0) is 13.3. The lowest BCUT2D eigenvalue weighted by atomic mass is 10.3. The van der Waals surface area contributed by atoms with Crippen molar-refractivity contribution < 1.29 is 22.3 Å². The van der Waals surface area contributed by atoms with Gasteiger partial charge in [-0.05, 0) is 12.1 Å². The number of aromatic nitrogens is 1. The van der Waals surface area contributed by atoms with Gasteiger partial charge in [-0.1, -0.05) is 15.9 Å². The van der Waals surface area contributed by atoms with Gasteiger partial charge in [-0.2, -0.15) is 13.2 Å². The number of benzene rings is 1. The number of hydrogen-bond acceptors (Lipinski definition) is 4. The van der Waals surface area contributed by atoms with Gasteiger partial charge < -0.3 is 14.9 Å². The van der Waals surface area contributed by atoms with E-state index in [1.54, 1.807) is 12.1 Å². The van der Waals surface area contributed by atoms with Gasteiger partial charge in [0.25, 0.3) is 0 Å². The largest absolute Gasteiger partial charge is 0.436 e. The molecule has 0 atom stereocenters. The molecule has 8 heteroatoms. The molecule has 0 aliphatic rings. The molecule has 0 bridgehead atoms. The van der Waals surface area contributed by atoms with Gasteiger partial charge in [0.05, 0.1) is 5.69 Å². The maximum Gasteiger partial charge on any atom is 0.411 e. The molecule has 0 aliphatic carbocycles. The SMILES string of the molecule is Nc1cc(Br)cc2nc(COCC(F)(F)F)oc12. The Kier molecular flexibility index (Phi) is 3.49. The molecule has 1 aromatic carbocycles. The predicted molar refractivity (Wildman–Crippen MR) is 61.8 cm³/mol. The molecule has 98 valence electrons. The first-order valence-electron chi connectivity index (χ1n) is 4.84. The highest BCUT2D eigenvalue weighted by molar-refractivity contribution is 9.10. The predicted octanol–water partition coefficient (Wildman–Crippen LogP) is 3.25. The van der Waals surface area contributed by atoms with Gasteiger partial charge >= 0.3 is 6.18 Å². The van der Waals surface area contributed by atoms with Gasteiger partial charge in [-0.25, -0.2) is 4.98 Å². The van der Waals surface area contributed by atoms with Crippen LogP contribution in [0, 0.1) is 0 Å². The fourth-order valence-corrected chi connectivity index (χ4v) is 1.85. The summed E-state index contributed by atoms with van der Waals surface area (Å²) >= 11 is 3.23. The van der Waals surface area contributed by atoms with Crippen LogP contribution < -0.4 is 5.73 Å². The van der Waals surface area contributed by atoms with Crippen molar-refractivity contribution in [3.63, 3.8) is 0 Å². The number of nitrogens with zero attached hydrogens (tertiary/aromatic N) is 1. The molecule has 2 N–H and O–H groups in total. The summed E-state index contributed by atoms with van der Waals surface area (Å²) in [6.07, 6.45) is -4.37. The van der Waals surface area contributed by atoms with Crippen molar-refractivity contribution in [3.8, 4) is 0 Å². The summed E-state index contributed by atoms with van der Waals surface area (Å²) in [6.45, 7) is -1.70. The Bertz CT molecular complexity index is 568. The van der Waals surface area contributed by atoms with E-state index in [-0.39, 0.29) is 12.5 Å². The van der Waals surface area contributed by atoms with Crippen molar-refractivity contribution in [2.24, 2.45) is 0 Å². The lowest BCUT2D eigenvalue weighted by Gasteiger charge is -2.04. The van der Waals surface area contributed by atoms with Crippen LogP contribution in [0.25, 0.3) is 11.1 Å². The molecule has 0 radical (unpaired) electrons. The Hall–Kier alpha value is -1.28. The first-order valence-corrected chi connectivity index (χ1v) is 5.63. The van der Waals surface area contributed by atoms with Crippen LogP contribution in [0.15, 0.2) is 21.0 Å². The Morgan fingerprint density at radius 3 is 2.78 bits per heavy atom.